The number of urea groups is 1. The number of hydrogen-bond donors (Lipinski definition) is 2. The van der Waals surface area contributed by atoms with Gasteiger partial charge in [-0.05, 0) is 48.4 Å². The number of nitrogens with zero attached hydrogens (tertiary/aromatic N) is 1. The maximum absolute atomic E-state index is 13.3. The van der Waals surface area contributed by atoms with Gasteiger partial charge in [0, 0.05) is 5.56 Å². The SMILES string of the molecule is COc1cccc(/C=C2\C(=O)NC(=O)N(c3ccccc3C)C2=O)c1OCc1cccc(C(=O)O)c1. The second kappa shape index (κ2) is 10.1. The molecule has 0 radical (unpaired) electrons. The molecule has 9 heteroatoms. The number of carbonyl (C=O) groups excluding carboxylic acids is 3. The van der Waals surface area contributed by atoms with Crippen molar-refractivity contribution in [1.82, 2.24) is 5.32 Å². The van der Waals surface area contributed by atoms with Gasteiger partial charge >= 0.3 is 12.0 Å². The molecular weight excluding hydrogens is 464 g/mol. The van der Waals surface area contributed by atoms with Crippen molar-refractivity contribution in [3.8, 4) is 11.5 Å². The van der Waals surface area contributed by atoms with Crippen molar-refractivity contribution in [2.24, 2.45) is 0 Å². The Hall–Kier alpha value is -4.92. The molecule has 3 aromatic rings. The molecule has 0 atom stereocenters. The van der Waals surface area contributed by atoms with Crippen LogP contribution in [0.2, 0.25) is 0 Å². The molecule has 0 aromatic heterocycles. The van der Waals surface area contributed by atoms with Crippen LogP contribution in [0, 0.1) is 6.92 Å². The third-order valence-electron chi connectivity index (χ3n) is 5.54. The first-order valence-electron chi connectivity index (χ1n) is 10.9. The van der Waals surface area contributed by atoms with Crippen LogP contribution in [0.1, 0.15) is 27.0 Å². The van der Waals surface area contributed by atoms with E-state index in [0.29, 0.717) is 28.1 Å². The first-order valence-corrected chi connectivity index (χ1v) is 10.9. The maximum atomic E-state index is 13.3. The molecule has 1 aliphatic heterocycles. The largest absolute Gasteiger partial charge is 0.493 e. The van der Waals surface area contributed by atoms with Crippen LogP contribution in [0.15, 0.2) is 72.3 Å². The van der Waals surface area contributed by atoms with E-state index in [1.807, 2.05) is 0 Å². The fourth-order valence-electron chi connectivity index (χ4n) is 3.76. The van der Waals surface area contributed by atoms with Crippen molar-refractivity contribution >= 4 is 35.6 Å². The zero-order chi connectivity index (χ0) is 25.8. The van der Waals surface area contributed by atoms with Gasteiger partial charge in [0.2, 0.25) is 0 Å². The molecule has 9 nitrogen and oxygen atoms in total. The van der Waals surface area contributed by atoms with Gasteiger partial charge in [0.05, 0.1) is 18.4 Å². The standard InChI is InChI=1S/C27H22N2O7/c1-16-7-3-4-11-21(16)29-25(31)20(24(30)28-27(29)34)14-18-9-6-12-22(35-2)23(18)36-15-17-8-5-10-19(13-17)26(32)33/h3-14H,15H2,1-2H3,(H,32,33)(H,28,30,34)/b20-14+. The minimum atomic E-state index is -1.06. The topological polar surface area (TPSA) is 122 Å². The summed E-state index contributed by atoms with van der Waals surface area (Å²) in [5.74, 6) is -2.09. The molecule has 2 N–H and O–H groups in total. The van der Waals surface area contributed by atoms with E-state index in [0.717, 1.165) is 4.90 Å². The molecule has 0 aliphatic carbocycles. The number of para-hydroxylation sites is 2. The Bertz CT molecular complexity index is 1410. The van der Waals surface area contributed by atoms with Gasteiger partial charge in [0.15, 0.2) is 11.5 Å². The number of benzene rings is 3. The Morgan fingerprint density at radius 3 is 2.50 bits per heavy atom. The van der Waals surface area contributed by atoms with Crippen LogP contribution in [0.5, 0.6) is 11.5 Å². The van der Waals surface area contributed by atoms with Crippen molar-refractivity contribution in [3.63, 3.8) is 0 Å². The number of hydrogen-bond acceptors (Lipinski definition) is 6. The van der Waals surface area contributed by atoms with Gasteiger partial charge < -0.3 is 14.6 Å². The molecule has 0 spiro atoms. The Morgan fingerprint density at radius 1 is 1.03 bits per heavy atom. The van der Waals surface area contributed by atoms with Gasteiger partial charge in [0.25, 0.3) is 11.8 Å². The number of methoxy groups -OCH3 is 1. The smallest absolute Gasteiger partial charge is 0.335 e. The van der Waals surface area contributed by atoms with E-state index in [9.17, 15) is 24.3 Å². The summed E-state index contributed by atoms with van der Waals surface area (Å²) in [7, 11) is 1.45. The van der Waals surface area contributed by atoms with Gasteiger partial charge in [-0.1, -0.05) is 42.5 Å². The Kier molecular flexibility index (Phi) is 6.82. The summed E-state index contributed by atoms with van der Waals surface area (Å²) >= 11 is 0. The average Bonchev–Trinajstić information content (AvgIpc) is 2.86. The second-order valence-electron chi connectivity index (χ2n) is 7.92. The molecule has 182 valence electrons. The first-order chi connectivity index (χ1) is 17.3. The van der Waals surface area contributed by atoms with Crippen LogP contribution < -0.4 is 19.7 Å². The van der Waals surface area contributed by atoms with Gasteiger partial charge in [-0.15, -0.1) is 0 Å². The van der Waals surface area contributed by atoms with E-state index in [2.05, 4.69) is 5.32 Å². The number of rotatable bonds is 7. The predicted molar refractivity (Wildman–Crippen MR) is 131 cm³/mol. The van der Waals surface area contributed by atoms with Gasteiger partial charge in [0.1, 0.15) is 12.2 Å². The van der Waals surface area contributed by atoms with Crippen LogP contribution in [-0.4, -0.2) is 36.0 Å². The van der Waals surface area contributed by atoms with E-state index in [4.69, 9.17) is 9.47 Å². The van der Waals surface area contributed by atoms with Crippen molar-refractivity contribution in [2.45, 2.75) is 13.5 Å². The van der Waals surface area contributed by atoms with E-state index in [-0.39, 0.29) is 23.5 Å². The highest BCUT2D eigenvalue weighted by Gasteiger charge is 2.37. The Morgan fingerprint density at radius 2 is 1.78 bits per heavy atom. The number of carboxylic acids is 1. The molecule has 0 unspecified atom stereocenters. The molecule has 0 bridgehead atoms. The van der Waals surface area contributed by atoms with E-state index < -0.39 is 23.8 Å². The van der Waals surface area contributed by atoms with E-state index in [1.165, 1.54) is 25.3 Å². The summed E-state index contributed by atoms with van der Waals surface area (Å²) in [5, 5.41) is 11.4. The van der Waals surface area contributed by atoms with Crippen molar-refractivity contribution < 1.29 is 33.8 Å². The number of carbonyl (C=O) groups is 4. The first kappa shape index (κ1) is 24.2. The highest BCUT2D eigenvalue weighted by Crippen LogP contribution is 2.34. The number of anilines is 1. The normalized spacial score (nSPS) is 14.6. The van der Waals surface area contributed by atoms with Crippen LogP contribution in [0.3, 0.4) is 0 Å². The zero-order valence-electron chi connectivity index (χ0n) is 19.5. The second-order valence-corrected chi connectivity index (χ2v) is 7.92. The van der Waals surface area contributed by atoms with Gasteiger partial charge in [-0.2, -0.15) is 0 Å². The highest BCUT2D eigenvalue weighted by molar-refractivity contribution is 6.39. The number of imide groups is 2. The Labute approximate surface area is 206 Å². The van der Waals surface area contributed by atoms with Crippen LogP contribution in [0.4, 0.5) is 10.5 Å². The van der Waals surface area contributed by atoms with Crippen molar-refractivity contribution in [1.29, 1.82) is 0 Å². The number of aryl methyl sites for hydroxylation is 1. The third kappa shape index (κ3) is 4.80. The number of ether oxygens (including phenoxy) is 2. The number of amides is 4. The number of barbiturate groups is 1. The highest BCUT2D eigenvalue weighted by atomic mass is 16.5. The molecule has 36 heavy (non-hydrogen) atoms. The summed E-state index contributed by atoms with van der Waals surface area (Å²) in [6, 6.07) is 17.2. The lowest BCUT2D eigenvalue weighted by Crippen LogP contribution is -2.54. The van der Waals surface area contributed by atoms with Crippen LogP contribution in [-0.2, 0) is 16.2 Å². The quantitative estimate of drug-likeness (QED) is 0.383. The molecule has 0 saturated carbocycles. The molecule has 1 heterocycles. The monoisotopic (exact) mass is 486 g/mol. The minimum Gasteiger partial charge on any atom is -0.493 e. The van der Waals surface area contributed by atoms with Crippen molar-refractivity contribution in [2.75, 3.05) is 12.0 Å². The number of carboxylic acid groups (broad SMARTS) is 1. The summed E-state index contributed by atoms with van der Waals surface area (Å²) in [6.07, 6.45) is 1.33. The summed E-state index contributed by atoms with van der Waals surface area (Å²) in [6.45, 7) is 1.76. The zero-order valence-corrected chi connectivity index (χ0v) is 19.5. The molecule has 4 amide bonds. The molecule has 3 aromatic carbocycles. The lowest BCUT2D eigenvalue weighted by molar-refractivity contribution is -0.122. The number of aromatic carboxylic acids is 1. The lowest BCUT2D eigenvalue weighted by Gasteiger charge is -2.27. The molecule has 1 aliphatic rings. The maximum Gasteiger partial charge on any atom is 0.335 e. The average molecular weight is 486 g/mol. The summed E-state index contributed by atoms with van der Waals surface area (Å²) in [4.78, 5) is 50.7. The van der Waals surface area contributed by atoms with Gasteiger partial charge in [-0.25, -0.2) is 14.5 Å². The molecular formula is C27H22N2O7. The number of nitrogens with one attached hydrogen (secondary N) is 1. The molecule has 1 saturated heterocycles. The fraction of sp³-hybridized carbons (Fsp3) is 0.111. The van der Waals surface area contributed by atoms with Crippen molar-refractivity contribution in [3.05, 3.63) is 94.6 Å². The lowest BCUT2D eigenvalue weighted by atomic mass is 10.0. The van der Waals surface area contributed by atoms with Gasteiger partial charge in [-0.3, -0.25) is 14.9 Å². The summed E-state index contributed by atoms with van der Waals surface area (Å²) in [5.41, 5.74) is 1.86. The predicted octanol–water partition coefficient (Wildman–Crippen LogP) is 3.95. The van der Waals surface area contributed by atoms with Crippen LogP contribution >= 0.6 is 0 Å². The fourth-order valence-corrected chi connectivity index (χ4v) is 3.76. The third-order valence-corrected chi connectivity index (χ3v) is 5.54. The molecule has 1 fully saturated rings. The van der Waals surface area contributed by atoms with E-state index in [1.54, 1.807) is 61.5 Å². The minimum absolute atomic E-state index is 0.00559. The molecule has 4 rings (SSSR count). The summed E-state index contributed by atoms with van der Waals surface area (Å²) < 4.78 is 11.4. The Balaban J connectivity index is 1.71. The van der Waals surface area contributed by atoms with E-state index >= 15 is 0 Å². The van der Waals surface area contributed by atoms with Crippen LogP contribution in [0.25, 0.3) is 6.08 Å².